The third-order valence-electron chi connectivity index (χ3n) is 2.97. The largest absolute Gasteiger partial charge is 0.468 e. The Labute approximate surface area is 131 Å². The summed E-state index contributed by atoms with van der Waals surface area (Å²) in [7, 11) is 1.27. The number of carbonyl (C=O) groups is 2. The van der Waals surface area contributed by atoms with Gasteiger partial charge in [0.25, 0.3) is 0 Å². The molecule has 1 aromatic carbocycles. The molecule has 0 saturated heterocycles. The van der Waals surface area contributed by atoms with E-state index in [0.29, 0.717) is 5.69 Å². The van der Waals surface area contributed by atoms with E-state index in [0.717, 1.165) is 11.1 Å². The van der Waals surface area contributed by atoms with Crippen molar-refractivity contribution >= 4 is 17.7 Å². The topological polar surface area (TPSA) is 81.9 Å². The van der Waals surface area contributed by atoms with Crippen molar-refractivity contribution in [3.8, 4) is 0 Å². The van der Waals surface area contributed by atoms with Crippen LogP contribution in [0, 0.1) is 6.92 Å². The van der Waals surface area contributed by atoms with Crippen LogP contribution in [0.2, 0.25) is 0 Å². The predicted molar refractivity (Wildman–Crippen MR) is 84.3 cm³/mol. The van der Waals surface area contributed by atoms with Crippen molar-refractivity contribution in [2.24, 2.45) is 0 Å². The first-order valence-electron chi connectivity index (χ1n) is 7.02. The van der Waals surface area contributed by atoms with Crippen molar-refractivity contribution in [2.45, 2.75) is 39.8 Å². The lowest BCUT2D eigenvalue weighted by molar-refractivity contribution is -0.142. The van der Waals surface area contributed by atoms with Crippen molar-refractivity contribution in [3.63, 3.8) is 0 Å². The summed E-state index contributed by atoms with van der Waals surface area (Å²) in [5.74, 6) is -0.517. The minimum absolute atomic E-state index is 0.178. The summed E-state index contributed by atoms with van der Waals surface area (Å²) in [5.41, 5.74) is 7.65. The number of rotatable bonds is 4. The maximum absolute atomic E-state index is 12.3. The maximum Gasteiger partial charge on any atom is 0.411 e. The zero-order valence-corrected chi connectivity index (χ0v) is 13.8. The quantitative estimate of drug-likeness (QED) is 0.682. The van der Waals surface area contributed by atoms with E-state index in [2.05, 4.69) is 4.74 Å². The van der Waals surface area contributed by atoms with Crippen LogP contribution in [0.25, 0.3) is 0 Å². The van der Waals surface area contributed by atoms with Crippen LogP contribution in [-0.4, -0.2) is 36.2 Å². The normalized spacial score (nSPS) is 11.0. The molecule has 0 unspecified atom stereocenters. The molecule has 22 heavy (non-hydrogen) atoms. The molecule has 6 nitrogen and oxygen atoms in total. The van der Waals surface area contributed by atoms with Crippen molar-refractivity contribution in [3.05, 3.63) is 29.3 Å². The number of hydrogen-bond acceptors (Lipinski definition) is 5. The second-order valence-electron chi connectivity index (χ2n) is 6.06. The van der Waals surface area contributed by atoms with Crippen molar-refractivity contribution in [1.29, 1.82) is 0 Å². The van der Waals surface area contributed by atoms with E-state index < -0.39 is 17.7 Å². The summed E-state index contributed by atoms with van der Waals surface area (Å²) in [4.78, 5) is 25.1. The third-order valence-corrected chi connectivity index (χ3v) is 2.97. The fourth-order valence-electron chi connectivity index (χ4n) is 1.82. The SMILES string of the molecule is COC(=O)CN(Cc1cccc(C)c1N)C(=O)OC(C)(C)C. The first kappa shape index (κ1) is 17.8. The Morgan fingerprint density at radius 3 is 2.45 bits per heavy atom. The number of aryl methyl sites for hydroxylation is 1. The van der Waals surface area contributed by atoms with Gasteiger partial charge in [0.05, 0.1) is 13.7 Å². The summed E-state index contributed by atoms with van der Waals surface area (Å²) in [6.45, 7) is 7.17. The Bertz CT molecular complexity index is 550. The van der Waals surface area contributed by atoms with Gasteiger partial charge in [0.1, 0.15) is 12.1 Å². The molecule has 2 N–H and O–H groups in total. The molecule has 0 bridgehead atoms. The molecule has 0 fully saturated rings. The smallest absolute Gasteiger partial charge is 0.411 e. The molecule has 0 saturated carbocycles. The van der Waals surface area contributed by atoms with Gasteiger partial charge in [0, 0.05) is 5.69 Å². The highest BCUT2D eigenvalue weighted by molar-refractivity contribution is 5.78. The van der Waals surface area contributed by atoms with Gasteiger partial charge in [-0.2, -0.15) is 0 Å². The number of para-hydroxylation sites is 1. The molecule has 1 amide bonds. The molecule has 122 valence electrons. The highest BCUT2D eigenvalue weighted by Crippen LogP contribution is 2.20. The average molecular weight is 308 g/mol. The third kappa shape index (κ3) is 5.27. The lowest BCUT2D eigenvalue weighted by Gasteiger charge is -2.27. The molecule has 0 spiro atoms. The van der Waals surface area contributed by atoms with E-state index in [1.807, 2.05) is 25.1 Å². The van der Waals surface area contributed by atoms with Gasteiger partial charge >= 0.3 is 12.1 Å². The van der Waals surface area contributed by atoms with E-state index in [1.54, 1.807) is 20.8 Å². The van der Waals surface area contributed by atoms with E-state index in [-0.39, 0.29) is 13.1 Å². The molecule has 0 atom stereocenters. The molecule has 1 rings (SSSR count). The molecule has 1 aromatic rings. The van der Waals surface area contributed by atoms with Crippen LogP contribution in [0.3, 0.4) is 0 Å². The summed E-state index contributed by atoms with van der Waals surface area (Å²) >= 11 is 0. The van der Waals surface area contributed by atoms with Gasteiger partial charge < -0.3 is 15.2 Å². The zero-order valence-electron chi connectivity index (χ0n) is 13.8. The van der Waals surface area contributed by atoms with E-state index in [9.17, 15) is 9.59 Å². The van der Waals surface area contributed by atoms with E-state index in [4.69, 9.17) is 10.5 Å². The Morgan fingerprint density at radius 1 is 1.27 bits per heavy atom. The predicted octanol–water partition coefficient (Wildman–Crippen LogP) is 2.49. The number of carbonyl (C=O) groups excluding carboxylic acids is 2. The minimum atomic E-state index is -0.649. The Hall–Kier alpha value is -2.24. The summed E-state index contributed by atoms with van der Waals surface area (Å²) in [5, 5.41) is 0. The fourth-order valence-corrected chi connectivity index (χ4v) is 1.82. The number of anilines is 1. The second-order valence-corrected chi connectivity index (χ2v) is 6.06. The zero-order chi connectivity index (χ0) is 16.9. The number of nitrogens with two attached hydrogens (primary N) is 1. The van der Waals surface area contributed by atoms with E-state index in [1.165, 1.54) is 12.0 Å². The number of amides is 1. The van der Waals surface area contributed by atoms with Crippen LogP contribution < -0.4 is 5.73 Å². The molecule has 0 radical (unpaired) electrons. The van der Waals surface area contributed by atoms with Gasteiger partial charge in [-0.25, -0.2) is 4.79 Å². The summed E-state index contributed by atoms with van der Waals surface area (Å²) < 4.78 is 9.96. The molecule has 0 heterocycles. The number of nitrogens with zero attached hydrogens (tertiary/aromatic N) is 1. The number of esters is 1. The van der Waals surface area contributed by atoms with Crippen LogP contribution >= 0.6 is 0 Å². The van der Waals surface area contributed by atoms with Crippen LogP contribution in [0.5, 0.6) is 0 Å². The first-order valence-corrected chi connectivity index (χ1v) is 7.02. The van der Waals surface area contributed by atoms with Crippen molar-refractivity contribution in [2.75, 3.05) is 19.4 Å². The lowest BCUT2D eigenvalue weighted by Crippen LogP contribution is -2.39. The maximum atomic E-state index is 12.3. The number of nitrogen functional groups attached to an aromatic ring is 1. The van der Waals surface area contributed by atoms with Gasteiger partial charge in [-0.15, -0.1) is 0 Å². The van der Waals surface area contributed by atoms with Gasteiger partial charge in [-0.1, -0.05) is 18.2 Å². The Balaban J connectivity index is 2.97. The summed E-state index contributed by atoms with van der Waals surface area (Å²) in [6, 6.07) is 5.56. The number of ether oxygens (including phenoxy) is 2. The van der Waals surface area contributed by atoms with Crippen LogP contribution in [0.15, 0.2) is 18.2 Å². The van der Waals surface area contributed by atoms with Crippen LogP contribution in [0.4, 0.5) is 10.5 Å². The molecule has 6 heteroatoms. The highest BCUT2D eigenvalue weighted by Gasteiger charge is 2.25. The van der Waals surface area contributed by atoms with E-state index >= 15 is 0 Å². The summed E-state index contributed by atoms with van der Waals surface area (Å²) in [6.07, 6.45) is -0.584. The first-order chi connectivity index (χ1) is 10.1. The van der Waals surface area contributed by atoms with Crippen LogP contribution in [0.1, 0.15) is 31.9 Å². The highest BCUT2D eigenvalue weighted by atomic mass is 16.6. The number of benzene rings is 1. The number of methoxy groups -OCH3 is 1. The molecule has 0 aliphatic rings. The van der Waals surface area contributed by atoms with Gasteiger partial charge in [0.2, 0.25) is 0 Å². The lowest BCUT2D eigenvalue weighted by atomic mass is 10.1. The molecular weight excluding hydrogens is 284 g/mol. The molecule has 0 aromatic heterocycles. The fraction of sp³-hybridized carbons (Fsp3) is 0.500. The second kappa shape index (κ2) is 7.15. The standard InChI is InChI=1S/C16H24N2O4/c1-11-7-6-8-12(14(11)17)9-18(10-13(19)21-5)15(20)22-16(2,3)4/h6-8H,9-10,17H2,1-5H3. The Morgan fingerprint density at radius 2 is 1.91 bits per heavy atom. The average Bonchev–Trinajstić information content (AvgIpc) is 2.40. The van der Waals surface area contributed by atoms with Crippen molar-refractivity contribution < 1.29 is 19.1 Å². The molecule has 0 aliphatic carbocycles. The van der Waals surface area contributed by atoms with Gasteiger partial charge in [0.15, 0.2) is 0 Å². The van der Waals surface area contributed by atoms with Crippen LogP contribution in [-0.2, 0) is 20.8 Å². The Kier molecular flexibility index (Phi) is 5.79. The van der Waals surface area contributed by atoms with Crippen molar-refractivity contribution in [1.82, 2.24) is 4.90 Å². The molecular formula is C16H24N2O4. The minimum Gasteiger partial charge on any atom is -0.468 e. The van der Waals surface area contributed by atoms with Gasteiger partial charge in [-0.05, 0) is 38.8 Å². The number of hydrogen-bond donors (Lipinski definition) is 1. The monoisotopic (exact) mass is 308 g/mol. The van der Waals surface area contributed by atoms with Gasteiger partial charge in [-0.3, -0.25) is 9.69 Å². The molecule has 0 aliphatic heterocycles.